The van der Waals surface area contributed by atoms with Crippen LogP contribution in [0.15, 0.2) is 43.0 Å². The van der Waals surface area contributed by atoms with Crippen LogP contribution >= 0.6 is 0 Å². The van der Waals surface area contributed by atoms with Crippen LogP contribution in [0.4, 0.5) is 0 Å². The Morgan fingerprint density at radius 2 is 2.00 bits per heavy atom. The van der Waals surface area contributed by atoms with Crippen molar-refractivity contribution < 1.29 is 4.57 Å². The second-order valence-corrected chi connectivity index (χ2v) is 3.52. The van der Waals surface area contributed by atoms with Crippen LogP contribution in [0.3, 0.4) is 0 Å². The zero-order chi connectivity index (χ0) is 9.97. The fraction of sp³-hybridized carbons (Fsp3) is 0.182. The Morgan fingerprint density at radius 1 is 1.29 bits per heavy atom. The van der Waals surface area contributed by atoms with E-state index in [0.717, 1.165) is 6.54 Å². The number of nitrogens with zero attached hydrogens (tertiary/aromatic N) is 2. The second-order valence-electron chi connectivity index (χ2n) is 3.52. The Kier molecular flexibility index (Phi) is 2.23. The molecule has 0 spiro atoms. The van der Waals surface area contributed by atoms with Crippen molar-refractivity contribution in [2.45, 2.75) is 13.5 Å². The van der Waals surface area contributed by atoms with Gasteiger partial charge in [-0.1, -0.05) is 29.8 Å². The van der Waals surface area contributed by atoms with Gasteiger partial charge in [0.25, 0.3) is 6.33 Å². The molecule has 3 nitrogen and oxygen atoms in total. The van der Waals surface area contributed by atoms with Gasteiger partial charge in [-0.25, -0.2) is 4.57 Å². The van der Waals surface area contributed by atoms with Crippen LogP contribution in [-0.2, 0) is 6.54 Å². The van der Waals surface area contributed by atoms with Gasteiger partial charge in [0.2, 0.25) is 0 Å². The molecule has 0 amide bonds. The Hall–Kier alpha value is -1.77. The smallest absolute Gasteiger partial charge is 0.267 e. The van der Waals surface area contributed by atoms with E-state index < -0.39 is 0 Å². The summed E-state index contributed by atoms with van der Waals surface area (Å²) in [6, 6.07) is 8.51. The van der Waals surface area contributed by atoms with Crippen molar-refractivity contribution in [1.29, 1.82) is 0 Å². The van der Waals surface area contributed by atoms with Crippen LogP contribution in [0, 0.1) is 6.92 Å². The van der Waals surface area contributed by atoms with Gasteiger partial charge in [-0.2, -0.15) is 0 Å². The molecule has 0 bridgehead atoms. The lowest BCUT2D eigenvalue weighted by atomic mass is 10.1. The molecular weight excluding hydrogens is 174 g/mol. The van der Waals surface area contributed by atoms with Gasteiger partial charge in [-0.05, 0) is 12.5 Å². The number of nitrogens with two attached hydrogens (primary N) is 1. The topological polar surface area (TPSA) is 34.8 Å². The summed E-state index contributed by atoms with van der Waals surface area (Å²) in [6.07, 6.45) is 5.65. The van der Waals surface area contributed by atoms with Gasteiger partial charge in [0.1, 0.15) is 12.7 Å². The van der Waals surface area contributed by atoms with E-state index in [1.54, 1.807) is 4.68 Å². The second kappa shape index (κ2) is 3.54. The molecule has 2 N–H and O–H groups in total. The van der Waals surface area contributed by atoms with Crippen molar-refractivity contribution in [3.63, 3.8) is 0 Å². The van der Waals surface area contributed by atoms with Gasteiger partial charge >= 0.3 is 0 Å². The van der Waals surface area contributed by atoms with E-state index in [1.165, 1.54) is 11.1 Å². The average molecular weight is 188 g/mol. The van der Waals surface area contributed by atoms with Crippen molar-refractivity contribution in [2.24, 2.45) is 0 Å². The summed E-state index contributed by atoms with van der Waals surface area (Å²) in [5.41, 5.74) is 2.57. The van der Waals surface area contributed by atoms with Crippen LogP contribution in [-0.4, -0.2) is 4.68 Å². The van der Waals surface area contributed by atoms with Gasteiger partial charge in [-0.3, -0.25) is 5.84 Å². The van der Waals surface area contributed by atoms with Crippen LogP contribution in [0.1, 0.15) is 11.1 Å². The fourth-order valence-corrected chi connectivity index (χ4v) is 1.41. The molecule has 72 valence electrons. The normalized spacial score (nSPS) is 10.4. The highest BCUT2D eigenvalue weighted by Gasteiger charge is 2.01. The number of benzene rings is 1. The molecule has 2 aromatic rings. The SMILES string of the molecule is Cc1ccc(C[n+]2ccn(N)c2)cc1. The predicted molar refractivity (Wildman–Crippen MR) is 55.1 cm³/mol. The molecule has 0 aliphatic carbocycles. The summed E-state index contributed by atoms with van der Waals surface area (Å²) in [5.74, 6) is 5.55. The molecule has 1 aromatic carbocycles. The molecule has 0 unspecified atom stereocenters. The lowest BCUT2D eigenvalue weighted by Gasteiger charge is -1.97. The van der Waals surface area contributed by atoms with E-state index in [1.807, 2.05) is 23.3 Å². The van der Waals surface area contributed by atoms with Gasteiger partial charge in [0.05, 0.1) is 0 Å². The number of rotatable bonds is 2. The zero-order valence-corrected chi connectivity index (χ0v) is 8.22. The van der Waals surface area contributed by atoms with E-state index in [4.69, 9.17) is 5.84 Å². The zero-order valence-electron chi connectivity index (χ0n) is 8.22. The molecule has 1 aromatic heterocycles. The lowest BCUT2D eigenvalue weighted by molar-refractivity contribution is -0.687. The molecule has 0 saturated heterocycles. The van der Waals surface area contributed by atoms with E-state index in [9.17, 15) is 0 Å². The van der Waals surface area contributed by atoms with Gasteiger partial charge in [-0.15, -0.1) is 4.68 Å². The standard InChI is InChI=1S/C11H14N3/c1-10-2-4-11(5-3-10)8-13-6-7-14(12)9-13/h2-7,9H,8,12H2,1H3/q+1. The number of nitrogen functional groups attached to an aromatic ring is 1. The van der Waals surface area contributed by atoms with Gasteiger partial charge < -0.3 is 0 Å². The van der Waals surface area contributed by atoms with Crippen LogP contribution in [0.25, 0.3) is 0 Å². The molecule has 3 heteroatoms. The maximum absolute atomic E-state index is 5.55. The highest BCUT2D eigenvalue weighted by atomic mass is 15.3. The summed E-state index contributed by atoms with van der Waals surface area (Å²) < 4.78 is 3.60. The fourth-order valence-electron chi connectivity index (χ4n) is 1.41. The van der Waals surface area contributed by atoms with E-state index in [2.05, 4.69) is 31.2 Å². The lowest BCUT2D eigenvalue weighted by Crippen LogP contribution is -2.32. The highest BCUT2D eigenvalue weighted by Crippen LogP contribution is 2.02. The largest absolute Gasteiger partial charge is 0.269 e. The highest BCUT2D eigenvalue weighted by molar-refractivity contribution is 5.20. The molecular formula is C11H14N3+. The maximum Gasteiger partial charge on any atom is 0.267 e. The Morgan fingerprint density at radius 3 is 2.57 bits per heavy atom. The van der Waals surface area contributed by atoms with Crippen molar-refractivity contribution in [2.75, 3.05) is 5.84 Å². The first kappa shape index (κ1) is 8.81. The summed E-state index contributed by atoms with van der Waals surface area (Å²) in [5, 5.41) is 0. The molecule has 0 atom stereocenters. The van der Waals surface area contributed by atoms with Crippen molar-refractivity contribution in [3.05, 3.63) is 54.1 Å². The third-order valence-corrected chi connectivity index (χ3v) is 2.20. The first-order valence-corrected chi connectivity index (χ1v) is 4.62. The maximum atomic E-state index is 5.55. The number of hydrogen-bond donors (Lipinski definition) is 1. The summed E-state index contributed by atoms with van der Waals surface area (Å²) in [6.45, 7) is 2.96. The molecule has 1 heterocycles. The number of aryl methyl sites for hydroxylation is 1. The minimum atomic E-state index is 0.866. The Bertz CT molecular complexity index is 414. The van der Waals surface area contributed by atoms with Crippen LogP contribution in [0.2, 0.25) is 0 Å². The van der Waals surface area contributed by atoms with Crippen LogP contribution in [0.5, 0.6) is 0 Å². The minimum absolute atomic E-state index is 0.866. The van der Waals surface area contributed by atoms with Gasteiger partial charge in [0, 0.05) is 0 Å². The molecule has 0 fully saturated rings. The van der Waals surface area contributed by atoms with E-state index in [-0.39, 0.29) is 0 Å². The quantitative estimate of drug-likeness (QED) is 0.550. The van der Waals surface area contributed by atoms with E-state index >= 15 is 0 Å². The molecule has 0 aliphatic rings. The molecule has 14 heavy (non-hydrogen) atoms. The summed E-state index contributed by atoms with van der Waals surface area (Å²) in [7, 11) is 0. The first-order chi connectivity index (χ1) is 6.74. The molecule has 2 rings (SSSR count). The monoisotopic (exact) mass is 188 g/mol. The Labute approximate surface area is 83.4 Å². The summed E-state index contributed by atoms with van der Waals surface area (Å²) in [4.78, 5) is 0. The first-order valence-electron chi connectivity index (χ1n) is 4.62. The van der Waals surface area contributed by atoms with Crippen molar-refractivity contribution >= 4 is 0 Å². The number of hydrogen-bond acceptors (Lipinski definition) is 1. The van der Waals surface area contributed by atoms with Crippen molar-refractivity contribution in [3.8, 4) is 0 Å². The molecule has 0 saturated carbocycles. The summed E-state index contributed by atoms with van der Waals surface area (Å²) >= 11 is 0. The number of aromatic nitrogens is 2. The van der Waals surface area contributed by atoms with Gasteiger partial charge in [0.15, 0.2) is 6.20 Å². The minimum Gasteiger partial charge on any atom is -0.269 e. The van der Waals surface area contributed by atoms with Crippen molar-refractivity contribution in [1.82, 2.24) is 4.68 Å². The number of imidazole rings is 1. The molecule has 0 radical (unpaired) electrons. The van der Waals surface area contributed by atoms with Crippen LogP contribution < -0.4 is 10.4 Å². The third-order valence-electron chi connectivity index (χ3n) is 2.20. The average Bonchev–Trinajstić information content (AvgIpc) is 2.56. The van der Waals surface area contributed by atoms with E-state index in [0.29, 0.717) is 0 Å². The molecule has 0 aliphatic heterocycles. The predicted octanol–water partition coefficient (Wildman–Crippen LogP) is 0.846. The third kappa shape index (κ3) is 1.93. The Balaban J connectivity index is 2.15.